The van der Waals surface area contributed by atoms with Crippen LogP contribution in [-0.4, -0.2) is 0 Å². The Balaban J connectivity index is 3.25. The molecule has 0 spiro atoms. The van der Waals surface area contributed by atoms with E-state index in [4.69, 9.17) is 11.6 Å². The number of benzene rings is 1. The maximum absolute atomic E-state index is 13.0. The normalized spacial score (nSPS) is 10.2. The van der Waals surface area contributed by atoms with Crippen LogP contribution in [0.15, 0.2) is 12.1 Å². The first kappa shape index (κ1) is 8.54. The lowest BCUT2D eigenvalue weighted by Gasteiger charge is -2.03. The van der Waals surface area contributed by atoms with Crippen LogP contribution in [0.4, 0.5) is 4.39 Å². The van der Waals surface area contributed by atoms with Gasteiger partial charge in [-0.3, -0.25) is 0 Å². The van der Waals surface area contributed by atoms with E-state index >= 15 is 0 Å². The fraction of sp³-hybridized carbons (Fsp3) is 0.333. The van der Waals surface area contributed by atoms with Crippen molar-refractivity contribution in [2.24, 2.45) is 0 Å². The zero-order chi connectivity index (χ0) is 8.43. The van der Waals surface area contributed by atoms with E-state index in [0.717, 1.165) is 5.56 Å². The van der Waals surface area contributed by atoms with Crippen molar-refractivity contribution in [3.05, 3.63) is 34.1 Å². The van der Waals surface area contributed by atoms with Gasteiger partial charge in [-0.25, -0.2) is 4.39 Å². The maximum atomic E-state index is 13.0. The van der Waals surface area contributed by atoms with E-state index in [-0.39, 0.29) is 5.82 Å². The minimum atomic E-state index is -0.197. The molecule has 0 amide bonds. The summed E-state index contributed by atoms with van der Waals surface area (Å²) in [4.78, 5) is 0. The average molecular weight is 173 g/mol. The zero-order valence-electron chi connectivity index (χ0n) is 6.62. The maximum Gasteiger partial charge on any atom is 0.128 e. The molecule has 0 radical (unpaired) electrons. The van der Waals surface area contributed by atoms with E-state index in [1.54, 1.807) is 6.07 Å². The Bertz CT molecular complexity index is 245. The van der Waals surface area contributed by atoms with Crippen LogP contribution >= 0.6 is 11.6 Å². The average Bonchev–Trinajstić information content (AvgIpc) is 1.85. The third-order valence-electron chi connectivity index (χ3n) is 1.64. The molecule has 0 heterocycles. The Morgan fingerprint density at radius 1 is 1.45 bits per heavy atom. The summed E-state index contributed by atoms with van der Waals surface area (Å²) in [5.74, 6) is -0.197. The summed E-state index contributed by atoms with van der Waals surface area (Å²) in [5, 5.41) is 0.532. The van der Waals surface area contributed by atoms with Gasteiger partial charge in [0.25, 0.3) is 0 Å². The first-order valence-corrected chi connectivity index (χ1v) is 3.97. The van der Waals surface area contributed by atoms with E-state index in [1.165, 1.54) is 6.07 Å². The minimum Gasteiger partial charge on any atom is -0.207 e. The summed E-state index contributed by atoms with van der Waals surface area (Å²) in [6.07, 6.45) is 0.644. The highest BCUT2D eigenvalue weighted by Crippen LogP contribution is 2.21. The van der Waals surface area contributed by atoms with E-state index < -0.39 is 0 Å². The molecule has 0 saturated heterocycles. The van der Waals surface area contributed by atoms with Gasteiger partial charge in [-0.05, 0) is 31.0 Å². The van der Waals surface area contributed by atoms with Gasteiger partial charge in [0.1, 0.15) is 5.82 Å². The second kappa shape index (κ2) is 3.22. The molecule has 1 rings (SSSR count). The summed E-state index contributed by atoms with van der Waals surface area (Å²) in [6, 6.07) is 3.29. The Labute approximate surface area is 71.0 Å². The highest BCUT2D eigenvalue weighted by atomic mass is 35.5. The van der Waals surface area contributed by atoms with Gasteiger partial charge in [-0.2, -0.15) is 0 Å². The molecule has 0 bridgehead atoms. The summed E-state index contributed by atoms with van der Waals surface area (Å²) in [7, 11) is 0. The second-order valence-electron chi connectivity index (χ2n) is 2.56. The number of halogens is 2. The molecule has 2 heteroatoms. The van der Waals surface area contributed by atoms with Crippen LogP contribution in [0.1, 0.15) is 18.1 Å². The molecule has 60 valence electrons. The Kier molecular flexibility index (Phi) is 2.50. The van der Waals surface area contributed by atoms with Crippen LogP contribution in [0.25, 0.3) is 0 Å². The summed E-state index contributed by atoms with van der Waals surface area (Å²) < 4.78 is 13.0. The molecule has 0 fully saturated rings. The molecular formula is C9H10ClF. The van der Waals surface area contributed by atoms with Crippen molar-refractivity contribution in [3.8, 4) is 0 Å². The summed E-state index contributed by atoms with van der Waals surface area (Å²) >= 11 is 5.79. The standard InChI is InChI=1S/C9H10ClF/c1-3-7-8(10)4-6(2)5-9(7)11/h4-5H,3H2,1-2H3. The fourth-order valence-corrected chi connectivity index (χ4v) is 1.46. The van der Waals surface area contributed by atoms with Crippen molar-refractivity contribution in [2.75, 3.05) is 0 Å². The first-order chi connectivity index (χ1) is 5.15. The van der Waals surface area contributed by atoms with Crippen molar-refractivity contribution in [2.45, 2.75) is 20.3 Å². The van der Waals surface area contributed by atoms with Crippen LogP contribution in [0.2, 0.25) is 5.02 Å². The molecule has 1 aromatic carbocycles. The Morgan fingerprint density at radius 2 is 2.09 bits per heavy atom. The van der Waals surface area contributed by atoms with E-state index in [2.05, 4.69) is 0 Å². The second-order valence-corrected chi connectivity index (χ2v) is 2.97. The van der Waals surface area contributed by atoms with Gasteiger partial charge in [0.15, 0.2) is 0 Å². The van der Waals surface area contributed by atoms with Crippen LogP contribution < -0.4 is 0 Å². The van der Waals surface area contributed by atoms with Crippen LogP contribution in [0, 0.1) is 12.7 Å². The molecule has 1 aromatic rings. The van der Waals surface area contributed by atoms with Gasteiger partial charge < -0.3 is 0 Å². The third-order valence-corrected chi connectivity index (χ3v) is 1.98. The minimum absolute atomic E-state index is 0.197. The SMILES string of the molecule is CCc1c(F)cc(C)cc1Cl. The Hall–Kier alpha value is -0.560. The van der Waals surface area contributed by atoms with Crippen LogP contribution in [0.3, 0.4) is 0 Å². The molecule has 0 atom stereocenters. The molecule has 0 unspecified atom stereocenters. The van der Waals surface area contributed by atoms with E-state index in [0.29, 0.717) is 17.0 Å². The van der Waals surface area contributed by atoms with Crippen LogP contribution in [0.5, 0.6) is 0 Å². The summed E-state index contributed by atoms with van der Waals surface area (Å²) in [5.41, 5.74) is 1.47. The quantitative estimate of drug-likeness (QED) is 0.610. The van der Waals surface area contributed by atoms with Crippen molar-refractivity contribution < 1.29 is 4.39 Å². The van der Waals surface area contributed by atoms with Crippen molar-refractivity contribution in [3.63, 3.8) is 0 Å². The smallest absolute Gasteiger partial charge is 0.128 e. The zero-order valence-corrected chi connectivity index (χ0v) is 7.37. The number of aryl methyl sites for hydroxylation is 1. The highest BCUT2D eigenvalue weighted by Gasteiger charge is 2.04. The topological polar surface area (TPSA) is 0 Å². The fourth-order valence-electron chi connectivity index (χ4n) is 1.07. The molecular weight excluding hydrogens is 163 g/mol. The molecule has 0 aliphatic heterocycles. The number of hydrogen-bond acceptors (Lipinski definition) is 0. The van der Waals surface area contributed by atoms with Gasteiger partial charge in [0.2, 0.25) is 0 Å². The van der Waals surface area contributed by atoms with Crippen LogP contribution in [-0.2, 0) is 6.42 Å². The lowest BCUT2D eigenvalue weighted by Crippen LogP contribution is -1.90. The molecule has 0 nitrogen and oxygen atoms in total. The molecule has 11 heavy (non-hydrogen) atoms. The van der Waals surface area contributed by atoms with Gasteiger partial charge in [0.05, 0.1) is 0 Å². The van der Waals surface area contributed by atoms with E-state index in [1.807, 2.05) is 13.8 Å². The molecule has 0 aliphatic rings. The van der Waals surface area contributed by atoms with Gasteiger partial charge in [-0.1, -0.05) is 18.5 Å². The third kappa shape index (κ3) is 1.72. The predicted molar refractivity (Wildman–Crippen MR) is 45.5 cm³/mol. The molecule has 0 N–H and O–H groups in total. The van der Waals surface area contributed by atoms with Gasteiger partial charge >= 0.3 is 0 Å². The summed E-state index contributed by atoms with van der Waals surface area (Å²) in [6.45, 7) is 3.72. The first-order valence-electron chi connectivity index (χ1n) is 3.59. The Morgan fingerprint density at radius 3 is 2.55 bits per heavy atom. The molecule has 0 aromatic heterocycles. The largest absolute Gasteiger partial charge is 0.207 e. The lowest BCUT2D eigenvalue weighted by atomic mass is 10.1. The highest BCUT2D eigenvalue weighted by molar-refractivity contribution is 6.31. The lowest BCUT2D eigenvalue weighted by molar-refractivity contribution is 0.611. The molecule has 0 aliphatic carbocycles. The van der Waals surface area contributed by atoms with Crippen molar-refractivity contribution in [1.82, 2.24) is 0 Å². The van der Waals surface area contributed by atoms with E-state index in [9.17, 15) is 4.39 Å². The predicted octanol–water partition coefficient (Wildman–Crippen LogP) is 3.35. The van der Waals surface area contributed by atoms with Crippen molar-refractivity contribution in [1.29, 1.82) is 0 Å². The van der Waals surface area contributed by atoms with Gasteiger partial charge in [-0.15, -0.1) is 0 Å². The van der Waals surface area contributed by atoms with Gasteiger partial charge in [0, 0.05) is 10.6 Å². The monoisotopic (exact) mass is 172 g/mol. The van der Waals surface area contributed by atoms with Crippen molar-refractivity contribution >= 4 is 11.6 Å². The number of hydrogen-bond donors (Lipinski definition) is 0. The molecule has 0 saturated carbocycles. The number of rotatable bonds is 1.